The topological polar surface area (TPSA) is 36.8 Å². The Morgan fingerprint density at radius 1 is 0.627 bits per heavy atom. The fourth-order valence-corrected chi connectivity index (χ4v) is 8.86. The third-order valence-corrected chi connectivity index (χ3v) is 11.5. The summed E-state index contributed by atoms with van der Waals surface area (Å²) in [4.78, 5) is 10.3. The number of nitrogens with one attached hydrogen (secondary N) is 1. The molecule has 51 heavy (non-hydrogen) atoms. The van der Waals surface area contributed by atoms with Crippen LogP contribution in [0.1, 0.15) is 52.4 Å². The lowest BCUT2D eigenvalue weighted by Crippen LogP contribution is -2.33. The minimum absolute atomic E-state index is 0.245. The van der Waals surface area contributed by atoms with Crippen LogP contribution in [0.25, 0.3) is 44.0 Å². The predicted molar refractivity (Wildman–Crippen MR) is 216 cm³/mol. The molecule has 2 heterocycles. The summed E-state index contributed by atoms with van der Waals surface area (Å²) in [6.07, 6.45) is 4.32. The summed E-state index contributed by atoms with van der Waals surface area (Å²) in [5.41, 5.74) is 13.4. The van der Waals surface area contributed by atoms with Crippen LogP contribution in [0.4, 0.5) is 0 Å². The lowest BCUT2D eigenvalue weighted by Gasteiger charge is -2.24. The van der Waals surface area contributed by atoms with Gasteiger partial charge in [0.25, 0.3) is 0 Å². The molecule has 1 atom stereocenters. The van der Waals surface area contributed by atoms with Gasteiger partial charge in [0.05, 0.1) is 0 Å². The minimum Gasteiger partial charge on any atom is -0.344 e. The summed E-state index contributed by atoms with van der Waals surface area (Å²) in [5, 5.41) is 6.40. The van der Waals surface area contributed by atoms with E-state index >= 15 is 0 Å². The van der Waals surface area contributed by atoms with Gasteiger partial charge in [-0.05, 0) is 99.5 Å². The van der Waals surface area contributed by atoms with E-state index in [1.54, 1.807) is 0 Å². The first-order chi connectivity index (χ1) is 25.1. The van der Waals surface area contributed by atoms with Crippen molar-refractivity contribution < 1.29 is 0 Å². The standard InChI is InChI=1S/C47H37N3S/c1-30-29-36(27-28-37(30)38-18-11-19-39(31(38)2)41-20-12-21-42-40-17-9-10-22-43(40)51-44(41)42)47-49-45(34-15-7-4-8-16-34)48-46(50-47)35-25-23-33(24-26-35)32-13-5-3-6-14-32/h3-11,13-19,21-29,45H,12,20H2,1-2H3,(H,48,49,50). The van der Waals surface area contributed by atoms with Gasteiger partial charge < -0.3 is 5.32 Å². The summed E-state index contributed by atoms with van der Waals surface area (Å²) in [5.74, 6) is 1.55. The molecular weight excluding hydrogens is 639 g/mol. The maximum absolute atomic E-state index is 5.15. The maximum Gasteiger partial charge on any atom is 0.159 e. The van der Waals surface area contributed by atoms with E-state index in [-0.39, 0.29) is 6.17 Å². The molecule has 0 spiro atoms. The molecule has 246 valence electrons. The van der Waals surface area contributed by atoms with Gasteiger partial charge in [-0.2, -0.15) is 0 Å². The Morgan fingerprint density at radius 2 is 1.31 bits per heavy atom. The second-order valence-electron chi connectivity index (χ2n) is 13.4. The molecule has 4 heteroatoms. The van der Waals surface area contributed by atoms with Crippen LogP contribution in [-0.4, -0.2) is 11.7 Å². The number of aryl methyl sites for hydroxylation is 1. The minimum atomic E-state index is -0.245. The van der Waals surface area contributed by atoms with Gasteiger partial charge >= 0.3 is 0 Å². The second kappa shape index (κ2) is 13.1. The van der Waals surface area contributed by atoms with Gasteiger partial charge in [-0.3, -0.25) is 0 Å². The summed E-state index contributed by atoms with van der Waals surface area (Å²) in [6, 6.07) is 51.8. The Bertz CT molecular complexity index is 2610. The third-order valence-electron chi connectivity index (χ3n) is 10.2. The number of aliphatic imine (C=N–C) groups is 2. The average molecular weight is 676 g/mol. The van der Waals surface area contributed by atoms with Gasteiger partial charge in [0.15, 0.2) is 5.84 Å². The number of hydrogen-bond acceptors (Lipinski definition) is 4. The number of hydrogen-bond donors (Lipinski definition) is 1. The summed E-state index contributed by atoms with van der Waals surface area (Å²) >= 11 is 1.93. The van der Waals surface area contributed by atoms with Crippen molar-refractivity contribution in [2.24, 2.45) is 9.98 Å². The lowest BCUT2D eigenvalue weighted by atomic mass is 9.88. The van der Waals surface area contributed by atoms with Crippen molar-refractivity contribution in [2.45, 2.75) is 32.9 Å². The van der Waals surface area contributed by atoms with Crippen molar-refractivity contribution in [1.82, 2.24) is 5.32 Å². The molecule has 0 fully saturated rings. The zero-order valence-corrected chi connectivity index (χ0v) is 29.5. The molecule has 6 aromatic carbocycles. The van der Waals surface area contributed by atoms with Gasteiger partial charge in [0.2, 0.25) is 0 Å². The molecule has 2 aliphatic rings. The smallest absolute Gasteiger partial charge is 0.159 e. The quantitative estimate of drug-likeness (QED) is 0.187. The number of amidine groups is 2. The Kier molecular flexibility index (Phi) is 8.02. The molecule has 1 N–H and O–H groups in total. The molecule has 0 amide bonds. The van der Waals surface area contributed by atoms with Gasteiger partial charge in [0, 0.05) is 20.4 Å². The van der Waals surface area contributed by atoms with E-state index in [0.717, 1.165) is 41.2 Å². The Morgan fingerprint density at radius 3 is 2.12 bits per heavy atom. The molecule has 1 aliphatic heterocycles. The first kappa shape index (κ1) is 31.2. The molecule has 1 aliphatic carbocycles. The van der Waals surface area contributed by atoms with E-state index in [2.05, 4.69) is 159 Å². The van der Waals surface area contributed by atoms with Gasteiger partial charge in [-0.1, -0.05) is 140 Å². The molecule has 1 unspecified atom stereocenters. The maximum atomic E-state index is 5.15. The molecule has 9 rings (SSSR count). The fraction of sp³-hybridized carbons (Fsp3) is 0.106. The second-order valence-corrected chi connectivity index (χ2v) is 14.4. The lowest BCUT2D eigenvalue weighted by molar-refractivity contribution is 0.674. The highest BCUT2D eigenvalue weighted by molar-refractivity contribution is 7.17. The van der Waals surface area contributed by atoms with E-state index in [1.807, 2.05) is 23.5 Å². The highest BCUT2D eigenvalue weighted by Gasteiger charge is 2.22. The molecule has 0 bridgehead atoms. The summed E-state index contributed by atoms with van der Waals surface area (Å²) in [7, 11) is 0. The van der Waals surface area contributed by atoms with Crippen LogP contribution < -0.4 is 15.1 Å². The van der Waals surface area contributed by atoms with Crippen LogP contribution in [0.5, 0.6) is 0 Å². The molecule has 3 nitrogen and oxygen atoms in total. The molecule has 0 saturated heterocycles. The monoisotopic (exact) mass is 675 g/mol. The van der Waals surface area contributed by atoms with Crippen molar-refractivity contribution in [3.63, 3.8) is 0 Å². The van der Waals surface area contributed by atoms with Crippen molar-refractivity contribution in [1.29, 1.82) is 0 Å². The predicted octanol–water partition coefficient (Wildman–Crippen LogP) is 10.1. The number of nitrogens with zero attached hydrogens (tertiary/aromatic N) is 2. The zero-order valence-electron chi connectivity index (χ0n) is 28.7. The molecule has 0 saturated carbocycles. The van der Waals surface area contributed by atoms with E-state index in [4.69, 9.17) is 9.98 Å². The number of fused-ring (bicyclic) bond motifs is 3. The molecular formula is C47H37N3S. The Balaban J connectivity index is 1.09. The highest BCUT2D eigenvalue weighted by Crippen LogP contribution is 2.34. The Labute approximate surface area is 302 Å². The number of thiophene rings is 1. The third kappa shape index (κ3) is 5.82. The SMILES string of the molecule is Cc1cc(C2=NC(c3ccccc3)NC(c3ccc(-c4ccccc4)cc3)=N2)ccc1-c1cccc(C2=c3sc4ccccc4c3=CCC2)c1C. The average Bonchev–Trinajstić information content (AvgIpc) is 3.58. The van der Waals surface area contributed by atoms with Crippen LogP contribution in [0.15, 0.2) is 156 Å². The van der Waals surface area contributed by atoms with Crippen LogP contribution in [0.2, 0.25) is 0 Å². The normalized spacial score (nSPS) is 15.4. The van der Waals surface area contributed by atoms with Crippen LogP contribution >= 0.6 is 11.3 Å². The van der Waals surface area contributed by atoms with Crippen molar-refractivity contribution in [3.05, 3.63) is 189 Å². The van der Waals surface area contributed by atoms with Crippen molar-refractivity contribution in [2.75, 3.05) is 0 Å². The highest BCUT2D eigenvalue weighted by atomic mass is 32.1. The van der Waals surface area contributed by atoms with Gasteiger partial charge in [-0.15, -0.1) is 11.3 Å². The van der Waals surface area contributed by atoms with Crippen LogP contribution in [0.3, 0.4) is 0 Å². The van der Waals surface area contributed by atoms with Gasteiger partial charge in [-0.25, -0.2) is 9.98 Å². The van der Waals surface area contributed by atoms with Crippen LogP contribution in [0, 0.1) is 13.8 Å². The van der Waals surface area contributed by atoms with E-state index < -0.39 is 0 Å². The number of benzene rings is 6. The zero-order chi connectivity index (χ0) is 34.3. The Hall–Kier alpha value is -5.84. The number of rotatable bonds is 6. The van der Waals surface area contributed by atoms with Crippen molar-refractivity contribution in [3.8, 4) is 22.3 Å². The van der Waals surface area contributed by atoms with E-state index in [9.17, 15) is 0 Å². The van der Waals surface area contributed by atoms with E-state index in [1.165, 1.54) is 64.4 Å². The van der Waals surface area contributed by atoms with E-state index in [0.29, 0.717) is 0 Å². The largest absolute Gasteiger partial charge is 0.344 e. The fourth-order valence-electron chi connectivity index (χ4n) is 7.57. The molecule has 0 radical (unpaired) electrons. The summed E-state index contributed by atoms with van der Waals surface area (Å²) in [6.45, 7) is 4.50. The van der Waals surface area contributed by atoms with Crippen molar-refractivity contribution >= 4 is 44.7 Å². The van der Waals surface area contributed by atoms with Crippen LogP contribution in [-0.2, 0) is 0 Å². The van der Waals surface area contributed by atoms with Gasteiger partial charge in [0.1, 0.15) is 12.0 Å². The first-order valence-electron chi connectivity index (χ1n) is 17.7. The molecule has 1 aromatic heterocycles. The first-order valence-corrected chi connectivity index (χ1v) is 18.5. The molecule has 7 aromatic rings. The summed E-state index contributed by atoms with van der Waals surface area (Å²) < 4.78 is 2.79.